The van der Waals surface area contributed by atoms with E-state index in [1.54, 1.807) is 12.1 Å². The zero-order valence-corrected chi connectivity index (χ0v) is 12.0. The molecule has 18 heavy (non-hydrogen) atoms. The standard InChI is InChI=1S/C14H20FNOS/c1-14(2,3)18(17)16-10-4-5-13(16)11-6-8-12(15)9-7-11/h6-9,13H,4-5,10H2,1-3H3/t13-,18+/m0/s1. The smallest absolute Gasteiger partial charge is 0.123 e. The highest BCUT2D eigenvalue weighted by molar-refractivity contribution is 7.84. The molecule has 0 saturated carbocycles. The van der Waals surface area contributed by atoms with Crippen LogP contribution in [0.1, 0.15) is 45.2 Å². The maximum absolute atomic E-state index is 12.9. The Balaban J connectivity index is 2.22. The van der Waals surface area contributed by atoms with Crippen molar-refractivity contribution in [3.05, 3.63) is 35.6 Å². The van der Waals surface area contributed by atoms with Crippen molar-refractivity contribution in [2.24, 2.45) is 0 Å². The predicted octanol–water partition coefficient (Wildman–Crippen LogP) is 3.42. The lowest BCUT2D eigenvalue weighted by atomic mass is 10.1. The normalized spacial score (nSPS) is 23.2. The van der Waals surface area contributed by atoms with Gasteiger partial charge in [0.2, 0.25) is 0 Å². The second kappa shape index (κ2) is 5.10. The summed E-state index contributed by atoms with van der Waals surface area (Å²) in [6.07, 6.45) is 2.04. The fourth-order valence-electron chi connectivity index (χ4n) is 2.31. The van der Waals surface area contributed by atoms with Gasteiger partial charge in [-0.1, -0.05) is 12.1 Å². The van der Waals surface area contributed by atoms with E-state index in [0.29, 0.717) is 0 Å². The first kappa shape index (κ1) is 13.7. The second-order valence-electron chi connectivity index (χ2n) is 5.71. The van der Waals surface area contributed by atoms with Gasteiger partial charge < -0.3 is 0 Å². The molecular formula is C14H20FNOS. The van der Waals surface area contributed by atoms with Crippen molar-refractivity contribution in [1.82, 2.24) is 4.31 Å². The molecule has 4 heteroatoms. The van der Waals surface area contributed by atoms with Gasteiger partial charge in [-0.25, -0.2) is 12.9 Å². The molecule has 2 rings (SSSR count). The number of rotatable bonds is 2. The Morgan fingerprint density at radius 3 is 2.44 bits per heavy atom. The van der Waals surface area contributed by atoms with E-state index in [4.69, 9.17) is 0 Å². The van der Waals surface area contributed by atoms with Crippen LogP contribution in [-0.2, 0) is 11.0 Å². The largest absolute Gasteiger partial charge is 0.242 e. The molecule has 0 aromatic heterocycles. The van der Waals surface area contributed by atoms with Gasteiger partial charge in [0.1, 0.15) is 16.8 Å². The Kier molecular flexibility index (Phi) is 3.87. The summed E-state index contributed by atoms with van der Waals surface area (Å²) in [5.74, 6) is -0.222. The molecule has 1 fully saturated rings. The summed E-state index contributed by atoms with van der Waals surface area (Å²) in [5.41, 5.74) is 1.06. The maximum atomic E-state index is 12.9. The molecule has 1 aromatic rings. The molecule has 1 aliphatic heterocycles. The van der Waals surface area contributed by atoms with Crippen LogP contribution >= 0.6 is 0 Å². The lowest BCUT2D eigenvalue weighted by Crippen LogP contribution is -2.37. The fraction of sp³-hybridized carbons (Fsp3) is 0.571. The molecule has 0 amide bonds. The fourth-order valence-corrected chi connectivity index (χ4v) is 3.77. The van der Waals surface area contributed by atoms with Crippen LogP contribution in [0, 0.1) is 5.82 Å². The minimum Gasteiger partial charge on any atom is -0.242 e. The van der Waals surface area contributed by atoms with Crippen LogP contribution in [0.2, 0.25) is 0 Å². The quantitative estimate of drug-likeness (QED) is 0.805. The van der Waals surface area contributed by atoms with Crippen molar-refractivity contribution in [3.63, 3.8) is 0 Å². The zero-order chi connectivity index (χ0) is 13.3. The Bertz CT molecular complexity index is 438. The third-order valence-corrected chi connectivity index (χ3v) is 5.11. The molecule has 2 nitrogen and oxygen atoms in total. The summed E-state index contributed by atoms with van der Waals surface area (Å²) >= 11 is 0. The van der Waals surface area contributed by atoms with E-state index in [-0.39, 0.29) is 16.6 Å². The molecule has 0 spiro atoms. The summed E-state index contributed by atoms with van der Waals surface area (Å²) in [6, 6.07) is 6.72. The molecule has 0 bridgehead atoms. The van der Waals surface area contributed by atoms with Crippen LogP contribution in [0.4, 0.5) is 4.39 Å². The average molecular weight is 269 g/mol. The van der Waals surface area contributed by atoms with Gasteiger partial charge in [-0.05, 0) is 51.3 Å². The van der Waals surface area contributed by atoms with Crippen molar-refractivity contribution in [2.75, 3.05) is 6.54 Å². The first-order valence-corrected chi connectivity index (χ1v) is 7.44. The first-order valence-electron chi connectivity index (χ1n) is 6.34. The van der Waals surface area contributed by atoms with Crippen LogP contribution in [-0.4, -0.2) is 19.8 Å². The van der Waals surface area contributed by atoms with E-state index in [2.05, 4.69) is 0 Å². The third kappa shape index (κ3) is 2.81. The number of hydrogen-bond donors (Lipinski definition) is 0. The molecule has 2 atom stereocenters. The van der Waals surface area contributed by atoms with Gasteiger partial charge in [0.15, 0.2) is 0 Å². The summed E-state index contributed by atoms with van der Waals surface area (Å²) < 4.78 is 27.2. The molecule has 100 valence electrons. The van der Waals surface area contributed by atoms with E-state index in [0.717, 1.165) is 24.9 Å². The van der Waals surface area contributed by atoms with Gasteiger partial charge >= 0.3 is 0 Å². The van der Waals surface area contributed by atoms with Gasteiger partial charge in [0.05, 0.1) is 4.75 Å². The summed E-state index contributed by atoms with van der Waals surface area (Å²) in [5, 5.41) is 0. The van der Waals surface area contributed by atoms with E-state index in [1.807, 2.05) is 25.1 Å². The zero-order valence-electron chi connectivity index (χ0n) is 11.1. The first-order chi connectivity index (χ1) is 8.39. The molecule has 1 saturated heterocycles. The Morgan fingerprint density at radius 2 is 1.89 bits per heavy atom. The number of hydrogen-bond acceptors (Lipinski definition) is 1. The van der Waals surface area contributed by atoms with Gasteiger partial charge in [-0.15, -0.1) is 0 Å². The summed E-state index contributed by atoms with van der Waals surface area (Å²) in [6.45, 7) is 6.82. The monoisotopic (exact) mass is 269 g/mol. The van der Waals surface area contributed by atoms with Crippen LogP contribution in [0.15, 0.2) is 24.3 Å². The van der Waals surface area contributed by atoms with Crippen LogP contribution in [0.3, 0.4) is 0 Å². The highest BCUT2D eigenvalue weighted by Gasteiger charge is 2.35. The van der Waals surface area contributed by atoms with Crippen molar-refractivity contribution < 1.29 is 8.60 Å². The Labute approximate surface area is 111 Å². The molecular weight excluding hydrogens is 249 g/mol. The second-order valence-corrected chi connectivity index (χ2v) is 7.90. The lowest BCUT2D eigenvalue weighted by Gasteiger charge is -2.30. The number of halogens is 1. The van der Waals surface area contributed by atoms with Crippen LogP contribution in [0.25, 0.3) is 0 Å². The van der Waals surface area contributed by atoms with Gasteiger partial charge in [-0.2, -0.15) is 0 Å². The van der Waals surface area contributed by atoms with E-state index in [9.17, 15) is 8.60 Å². The molecule has 0 unspecified atom stereocenters. The predicted molar refractivity (Wildman–Crippen MR) is 73.0 cm³/mol. The lowest BCUT2D eigenvalue weighted by molar-refractivity contribution is 0.415. The van der Waals surface area contributed by atoms with E-state index >= 15 is 0 Å². The molecule has 0 aliphatic carbocycles. The van der Waals surface area contributed by atoms with Crippen molar-refractivity contribution in [1.29, 1.82) is 0 Å². The minimum atomic E-state index is -1.01. The topological polar surface area (TPSA) is 20.3 Å². The maximum Gasteiger partial charge on any atom is 0.123 e. The number of nitrogens with zero attached hydrogens (tertiary/aromatic N) is 1. The van der Waals surface area contributed by atoms with Crippen LogP contribution < -0.4 is 0 Å². The van der Waals surface area contributed by atoms with Crippen molar-refractivity contribution in [2.45, 2.75) is 44.4 Å². The Hall–Kier alpha value is -0.740. The minimum absolute atomic E-state index is 0.158. The Morgan fingerprint density at radius 1 is 1.28 bits per heavy atom. The summed E-state index contributed by atoms with van der Waals surface area (Å²) in [7, 11) is -1.01. The highest BCUT2D eigenvalue weighted by Crippen LogP contribution is 2.35. The molecule has 1 aromatic carbocycles. The SMILES string of the molecule is CC(C)(C)[S@@](=O)N1CCC[C@H]1c1ccc(F)cc1. The average Bonchev–Trinajstić information content (AvgIpc) is 2.76. The van der Waals surface area contributed by atoms with Crippen molar-refractivity contribution >= 4 is 11.0 Å². The third-order valence-electron chi connectivity index (χ3n) is 3.20. The van der Waals surface area contributed by atoms with Crippen molar-refractivity contribution in [3.8, 4) is 0 Å². The molecule has 1 aliphatic rings. The van der Waals surface area contributed by atoms with Crippen LogP contribution in [0.5, 0.6) is 0 Å². The molecule has 0 N–H and O–H groups in total. The van der Waals surface area contributed by atoms with Gasteiger partial charge in [0.25, 0.3) is 0 Å². The number of benzene rings is 1. The molecule has 1 heterocycles. The summed E-state index contributed by atoms with van der Waals surface area (Å²) in [4.78, 5) is 0. The van der Waals surface area contributed by atoms with Gasteiger partial charge in [-0.3, -0.25) is 0 Å². The van der Waals surface area contributed by atoms with Gasteiger partial charge in [0, 0.05) is 12.6 Å². The molecule has 0 radical (unpaired) electrons. The van der Waals surface area contributed by atoms with E-state index < -0.39 is 11.0 Å². The van der Waals surface area contributed by atoms with E-state index in [1.165, 1.54) is 12.1 Å². The highest BCUT2D eigenvalue weighted by atomic mass is 32.2.